The molecule has 1 atom stereocenters. The van der Waals surface area contributed by atoms with Crippen molar-refractivity contribution in [2.24, 2.45) is 5.73 Å². The summed E-state index contributed by atoms with van der Waals surface area (Å²) < 4.78 is 24.2. The number of anilines is 1. The zero-order valence-corrected chi connectivity index (χ0v) is 21.7. The fraction of sp³-hybridized carbons (Fsp3) is 0.148. The lowest BCUT2D eigenvalue weighted by Crippen LogP contribution is -2.16. The summed E-state index contributed by atoms with van der Waals surface area (Å²) in [5, 5.41) is 7.70. The molecule has 2 amide bonds. The van der Waals surface area contributed by atoms with E-state index in [-0.39, 0.29) is 23.1 Å². The van der Waals surface area contributed by atoms with Gasteiger partial charge in [-0.2, -0.15) is 5.10 Å². The number of nitrogens with one attached hydrogen (secondary N) is 1. The largest absolute Gasteiger partial charge is 0.612 e. The SMILES string of the molecule is C[S+]([O-])c1ccc(-n2nc(C(N)=O)c3c2-c2cc(NC(=O)c4cc5c(cc4Cl)OCO5)ccc2CC3)cc1. The van der Waals surface area contributed by atoms with E-state index in [2.05, 4.69) is 10.4 Å². The average molecular weight is 549 g/mol. The molecule has 0 spiro atoms. The van der Waals surface area contributed by atoms with Gasteiger partial charge in [-0.05, 0) is 72.0 Å². The van der Waals surface area contributed by atoms with Crippen LogP contribution in [0.4, 0.5) is 5.69 Å². The molecule has 0 bridgehead atoms. The second kappa shape index (κ2) is 9.39. The van der Waals surface area contributed by atoms with Gasteiger partial charge < -0.3 is 25.1 Å². The van der Waals surface area contributed by atoms with Gasteiger partial charge in [-0.3, -0.25) is 9.59 Å². The van der Waals surface area contributed by atoms with Gasteiger partial charge in [-0.15, -0.1) is 0 Å². The maximum Gasteiger partial charge on any atom is 0.269 e. The molecule has 1 aliphatic carbocycles. The number of nitrogens with zero attached hydrogens (tertiary/aromatic N) is 2. The number of amides is 2. The van der Waals surface area contributed by atoms with Gasteiger partial charge >= 0.3 is 0 Å². The number of hydrogen-bond acceptors (Lipinski definition) is 6. The summed E-state index contributed by atoms with van der Waals surface area (Å²) in [6.45, 7) is 0.0733. The maximum atomic E-state index is 13.1. The Balaban J connectivity index is 1.40. The fourth-order valence-corrected chi connectivity index (χ4v) is 5.53. The number of aryl methyl sites for hydroxylation is 1. The molecule has 192 valence electrons. The van der Waals surface area contributed by atoms with Crippen molar-refractivity contribution >= 4 is 40.3 Å². The van der Waals surface area contributed by atoms with E-state index in [0.717, 1.165) is 22.4 Å². The van der Waals surface area contributed by atoms with E-state index in [1.54, 1.807) is 47.3 Å². The number of aromatic nitrogens is 2. The van der Waals surface area contributed by atoms with Gasteiger partial charge in [0, 0.05) is 22.9 Å². The van der Waals surface area contributed by atoms with Crippen LogP contribution in [0.5, 0.6) is 11.5 Å². The first-order valence-corrected chi connectivity index (χ1v) is 13.6. The van der Waals surface area contributed by atoms with Crippen LogP contribution in [-0.4, -0.2) is 39.2 Å². The van der Waals surface area contributed by atoms with Crippen molar-refractivity contribution in [1.29, 1.82) is 0 Å². The number of ether oxygens (including phenoxy) is 2. The average Bonchev–Trinajstić information content (AvgIpc) is 3.52. The summed E-state index contributed by atoms with van der Waals surface area (Å²) in [5.74, 6) is -0.0737. The highest BCUT2D eigenvalue weighted by Gasteiger charge is 2.29. The van der Waals surface area contributed by atoms with E-state index in [0.29, 0.717) is 40.6 Å². The quantitative estimate of drug-likeness (QED) is 0.361. The highest BCUT2D eigenvalue weighted by atomic mass is 35.5. The minimum atomic E-state index is -1.13. The number of benzene rings is 3. The van der Waals surface area contributed by atoms with E-state index < -0.39 is 23.0 Å². The number of halogens is 1. The fourth-order valence-electron chi connectivity index (χ4n) is 4.77. The molecule has 1 aromatic heterocycles. The maximum absolute atomic E-state index is 13.1. The van der Waals surface area contributed by atoms with Crippen molar-refractivity contribution < 1.29 is 23.6 Å². The molecule has 11 heteroatoms. The molecule has 9 nitrogen and oxygen atoms in total. The molecular weight excluding hydrogens is 528 g/mol. The Morgan fingerprint density at radius 1 is 1.08 bits per heavy atom. The number of nitrogens with two attached hydrogens (primary N) is 1. The number of carbonyl (C=O) groups excluding carboxylic acids is 2. The first kappa shape index (κ1) is 24.4. The molecule has 3 aromatic carbocycles. The van der Waals surface area contributed by atoms with Crippen LogP contribution >= 0.6 is 11.6 Å². The first-order valence-electron chi connectivity index (χ1n) is 11.7. The van der Waals surface area contributed by atoms with E-state index in [1.165, 1.54) is 0 Å². The molecular formula is C27H21ClN4O5S. The van der Waals surface area contributed by atoms with E-state index in [4.69, 9.17) is 26.8 Å². The summed E-state index contributed by atoms with van der Waals surface area (Å²) >= 11 is 5.20. The van der Waals surface area contributed by atoms with Crippen LogP contribution < -0.4 is 20.5 Å². The van der Waals surface area contributed by atoms with E-state index in [9.17, 15) is 14.1 Å². The van der Waals surface area contributed by atoms with Gasteiger partial charge in [0.15, 0.2) is 22.1 Å². The molecule has 3 N–H and O–H groups in total. The minimum Gasteiger partial charge on any atom is -0.612 e. The Hall–Kier alpha value is -3.99. The molecule has 4 aromatic rings. The Kier molecular flexibility index (Phi) is 6.02. The topological polar surface area (TPSA) is 132 Å². The van der Waals surface area contributed by atoms with Crippen molar-refractivity contribution in [1.82, 2.24) is 9.78 Å². The van der Waals surface area contributed by atoms with E-state index >= 15 is 0 Å². The van der Waals surface area contributed by atoms with Crippen LogP contribution in [0.15, 0.2) is 59.5 Å². The zero-order valence-electron chi connectivity index (χ0n) is 20.1. The predicted molar refractivity (Wildman–Crippen MR) is 143 cm³/mol. The third-order valence-corrected chi connectivity index (χ3v) is 7.85. The van der Waals surface area contributed by atoms with Crippen molar-refractivity contribution in [3.05, 3.63) is 82.0 Å². The van der Waals surface area contributed by atoms with Gasteiger partial charge in [-0.25, -0.2) is 4.68 Å². The molecule has 2 aliphatic rings. The Morgan fingerprint density at radius 2 is 1.82 bits per heavy atom. The smallest absolute Gasteiger partial charge is 0.269 e. The second-order valence-corrected chi connectivity index (χ2v) is 10.7. The van der Waals surface area contributed by atoms with Gasteiger partial charge in [0.2, 0.25) is 6.79 Å². The van der Waals surface area contributed by atoms with E-state index in [1.807, 2.05) is 18.2 Å². The lowest BCUT2D eigenvalue weighted by atomic mass is 9.88. The first-order chi connectivity index (χ1) is 18.3. The third-order valence-electron chi connectivity index (χ3n) is 6.60. The van der Waals surface area contributed by atoms with Crippen molar-refractivity contribution in [3.63, 3.8) is 0 Å². The van der Waals surface area contributed by atoms with Crippen LogP contribution in [0.2, 0.25) is 5.02 Å². The molecule has 6 rings (SSSR count). The van der Waals surface area contributed by atoms with Gasteiger partial charge in [-0.1, -0.05) is 17.7 Å². The lowest BCUT2D eigenvalue weighted by molar-refractivity contribution is 0.0992. The summed E-state index contributed by atoms with van der Waals surface area (Å²) in [5.41, 5.74) is 10.7. The standard InChI is InChI=1S/C27H21ClN4O5S/c1-38(35)17-7-5-16(6-8-17)32-25-18(24(31-32)26(29)33)9-3-14-2-4-15(10-19(14)25)30-27(34)20-11-22-23(12-21(20)28)37-13-36-22/h2,4-8,10-12H,3,9,13H2,1H3,(H2,29,33)(H,30,34). The Labute approximate surface area is 225 Å². The monoisotopic (exact) mass is 548 g/mol. The minimum absolute atomic E-state index is 0.0733. The van der Waals surface area contributed by atoms with Gasteiger partial charge in [0.05, 0.1) is 22.0 Å². The molecule has 0 fully saturated rings. The van der Waals surface area contributed by atoms with Crippen LogP contribution in [0.1, 0.15) is 32.0 Å². The van der Waals surface area contributed by atoms with Crippen LogP contribution in [0, 0.1) is 0 Å². The molecule has 0 radical (unpaired) electrons. The van der Waals surface area contributed by atoms with Gasteiger partial charge in [0.25, 0.3) is 11.8 Å². The number of rotatable bonds is 5. The number of fused-ring (bicyclic) bond motifs is 4. The summed E-state index contributed by atoms with van der Waals surface area (Å²) in [6.07, 6.45) is 2.89. The number of hydrogen-bond donors (Lipinski definition) is 2. The van der Waals surface area contributed by atoms with Crippen molar-refractivity contribution in [3.8, 4) is 28.4 Å². The molecule has 1 aliphatic heterocycles. The lowest BCUT2D eigenvalue weighted by Gasteiger charge is -2.20. The van der Waals surface area contributed by atoms with Gasteiger partial charge in [0.1, 0.15) is 6.26 Å². The number of primary amides is 1. The zero-order chi connectivity index (χ0) is 26.6. The molecule has 38 heavy (non-hydrogen) atoms. The normalized spacial score (nSPS) is 14.0. The summed E-state index contributed by atoms with van der Waals surface area (Å²) in [7, 11) is 0. The Bertz CT molecular complexity index is 1620. The highest BCUT2D eigenvalue weighted by molar-refractivity contribution is 7.90. The third kappa shape index (κ3) is 4.16. The van der Waals surface area contributed by atoms with Crippen LogP contribution in [0.25, 0.3) is 16.9 Å². The van der Waals surface area contributed by atoms with Crippen molar-refractivity contribution in [2.75, 3.05) is 18.4 Å². The predicted octanol–water partition coefficient (Wildman–Crippen LogP) is 4.11. The summed E-state index contributed by atoms with van der Waals surface area (Å²) in [6, 6.07) is 15.9. The number of carbonyl (C=O) groups is 2. The van der Waals surface area contributed by atoms with Crippen LogP contribution in [-0.2, 0) is 24.0 Å². The molecule has 2 heterocycles. The Morgan fingerprint density at radius 3 is 2.53 bits per heavy atom. The van der Waals surface area contributed by atoms with Crippen molar-refractivity contribution in [2.45, 2.75) is 17.7 Å². The molecule has 0 saturated carbocycles. The highest BCUT2D eigenvalue weighted by Crippen LogP contribution is 2.40. The summed E-state index contributed by atoms with van der Waals surface area (Å²) in [4.78, 5) is 26.1. The molecule has 0 saturated heterocycles. The van der Waals surface area contributed by atoms with Crippen LogP contribution in [0.3, 0.4) is 0 Å². The molecule has 1 unspecified atom stereocenters. The second-order valence-electron chi connectivity index (χ2n) is 8.91.